The van der Waals surface area contributed by atoms with Crippen LogP contribution >= 0.6 is 11.6 Å². The molecule has 3 aromatic carbocycles. The minimum atomic E-state index is -0.523. The topological polar surface area (TPSA) is 32.8 Å². The first kappa shape index (κ1) is 27.1. The fourth-order valence-corrected chi connectivity index (χ4v) is 5.18. The van der Waals surface area contributed by atoms with Gasteiger partial charge in [-0.25, -0.2) is 4.79 Å². The largest absolute Gasteiger partial charge is 0.444 e. The molecule has 4 nitrogen and oxygen atoms in total. The van der Waals surface area contributed by atoms with Crippen LogP contribution in [0.3, 0.4) is 0 Å². The number of halogens is 1. The quantitative estimate of drug-likeness (QED) is 0.316. The van der Waals surface area contributed by atoms with E-state index in [1.165, 1.54) is 16.7 Å². The van der Waals surface area contributed by atoms with E-state index in [-0.39, 0.29) is 17.9 Å². The maximum absolute atomic E-state index is 13.1. The molecule has 2 atom stereocenters. The number of benzene rings is 3. The fourth-order valence-electron chi connectivity index (χ4n) is 5.06. The predicted molar refractivity (Wildman–Crippen MR) is 154 cm³/mol. The Morgan fingerprint density at radius 1 is 1.00 bits per heavy atom. The van der Waals surface area contributed by atoms with Gasteiger partial charge in [0.25, 0.3) is 0 Å². The predicted octanol–water partition coefficient (Wildman–Crippen LogP) is 8.12. The van der Waals surface area contributed by atoms with Crippen molar-refractivity contribution in [3.8, 4) is 0 Å². The van der Waals surface area contributed by atoms with Crippen molar-refractivity contribution in [1.82, 2.24) is 4.90 Å². The fraction of sp³-hybridized carbons (Fsp3) is 0.406. The van der Waals surface area contributed by atoms with Gasteiger partial charge >= 0.3 is 6.09 Å². The summed E-state index contributed by atoms with van der Waals surface area (Å²) in [6, 6.07) is 27.5. The average molecular weight is 519 g/mol. The molecule has 3 aromatic rings. The van der Waals surface area contributed by atoms with Crippen LogP contribution in [0.2, 0.25) is 5.02 Å². The standard InChI is InChI=1S/C32H39ClN2O2/c1-23(2)25-12-9-13-26(18-25)30-22-35(31(36)37-32(3,4)5)21-27(30)20-34(19-24-10-7-6-8-11-24)29-16-14-28(33)15-17-29/h6-18,23,27,30H,19-22H2,1-5H3. The molecular weight excluding hydrogens is 480 g/mol. The molecule has 1 heterocycles. The zero-order chi connectivity index (χ0) is 26.6. The summed E-state index contributed by atoms with van der Waals surface area (Å²) >= 11 is 6.22. The zero-order valence-corrected chi connectivity index (χ0v) is 23.4. The van der Waals surface area contributed by atoms with Crippen molar-refractivity contribution < 1.29 is 9.53 Å². The van der Waals surface area contributed by atoms with Gasteiger partial charge in [-0.2, -0.15) is 0 Å². The second kappa shape index (κ2) is 11.6. The van der Waals surface area contributed by atoms with Gasteiger partial charge in [0.05, 0.1) is 0 Å². The number of carbonyl (C=O) groups is 1. The van der Waals surface area contributed by atoms with Gasteiger partial charge in [-0.1, -0.05) is 80.0 Å². The van der Waals surface area contributed by atoms with Crippen LogP contribution in [0, 0.1) is 5.92 Å². The van der Waals surface area contributed by atoms with Crippen molar-refractivity contribution in [2.75, 3.05) is 24.5 Å². The van der Waals surface area contributed by atoms with Crippen molar-refractivity contribution in [1.29, 1.82) is 0 Å². The van der Waals surface area contributed by atoms with E-state index in [1.54, 1.807) is 0 Å². The lowest BCUT2D eigenvalue weighted by Gasteiger charge is -2.30. The first-order chi connectivity index (χ1) is 17.6. The molecule has 1 saturated heterocycles. The number of rotatable bonds is 7. The van der Waals surface area contributed by atoms with Gasteiger partial charge in [0.1, 0.15) is 5.60 Å². The van der Waals surface area contributed by atoms with Gasteiger partial charge in [0.2, 0.25) is 0 Å². The van der Waals surface area contributed by atoms with E-state index in [4.69, 9.17) is 16.3 Å². The van der Waals surface area contributed by atoms with Crippen LogP contribution in [-0.4, -0.2) is 36.2 Å². The average Bonchev–Trinajstić information content (AvgIpc) is 3.28. The van der Waals surface area contributed by atoms with Crippen LogP contribution in [0.5, 0.6) is 0 Å². The molecule has 2 unspecified atom stereocenters. The van der Waals surface area contributed by atoms with Gasteiger partial charge in [0.15, 0.2) is 0 Å². The van der Waals surface area contributed by atoms with Crippen molar-refractivity contribution in [2.45, 2.75) is 58.6 Å². The molecule has 1 aliphatic rings. The van der Waals surface area contributed by atoms with Gasteiger partial charge in [0, 0.05) is 48.7 Å². The summed E-state index contributed by atoms with van der Waals surface area (Å²) in [7, 11) is 0. The highest BCUT2D eigenvalue weighted by Crippen LogP contribution is 2.36. The smallest absolute Gasteiger partial charge is 0.410 e. The molecule has 37 heavy (non-hydrogen) atoms. The number of likely N-dealkylation sites (tertiary alicyclic amines) is 1. The van der Waals surface area contributed by atoms with E-state index in [1.807, 2.05) is 43.9 Å². The number of hydrogen-bond donors (Lipinski definition) is 0. The highest BCUT2D eigenvalue weighted by molar-refractivity contribution is 6.30. The van der Waals surface area contributed by atoms with Gasteiger partial charge in [-0.3, -0.25) is 0 Å². The number of nitrogens with zero attached hydrogens (tertiary/aromatic N) is 2. The molecule has 196 valence electrons. The first-order valence-corrected chi connectivity index (χ1v) is 13.6. The number of carbonyl (C=O) groups excluding carboxylic acids is 1. The molecule has 0 aromatic heterocycles. The van der Waals surface area contributed by atoms with Gasteiger partial charge < -0.3 is 14.5 Å². The molecule has 0 spiro atoms. The molecule has 1 amide bonds. The SMILES string of the molecule is CC(C)c1cccc(C2CN(C(=O)OC(C)(C)C)CC2CN(Cc2ccccc2)c2ccc(Cl)cc2)c1. The molecule has 5 heteroatoms. The lowest BCUT2D eigenvalue weighted by atomic mass is 9.86. The highest BCUT2D eigenvalue weighted by atomic mass is 35.5. The summed E-state index contributed by atoms with van der Waals surface area (Å²) in [5.41, 5.74) is 4.46. The Balaban J connectivity index is 1.65. The molecule has 0 aliphatic carbocycles. The van der Waals surface area contributed by atoms with Gasteiger partial charge in [-0.05, 0) is 67.6 Å². The van der Waals surface area contributed by atoms with Crippen molar-refractivity contribution >= 4 is 23.4 Å². The summed E-state index contributed by atoms with van der Waals surface area (Å²) < 4.78 is 5.77. The molecule has 0 N–H and O–H groups in total. The number of ether oxygens (including phenoxy) is 1. The molecule has 4 rings (SSSR count). The van der Waals surface area contributed by atoms with Crippen molar-refractivity contribution in [3.05, 3.63) is 101 Å². The molecule has 0 bridgehead atoms. The monoisotopic (exact) mass is 518 g/mol. The third-order valence-electron chi connectivity index (χ3n) is 6.96. The van der Waals surface area contributed by atoms with E-state index >= 15 is 0 Å². The molecule has 0 saturated carbocycles. The number of amides is 1. The van der Waals surface area contributed by atoms with E-state index in [2.05, 4.69) is 79.4 Å². The molecule has 1 fully saturated rings. The van der Waals surface area contributed by atoms with Crippen molar-refractivity contribution in [2.24, 2.45) is 5.92 Å². The Hall–Kier alpha value is -2.98. The third kappa shape index (κ3) is 7.29. The van der Waals surface area contributed by atoms with E-state index in [0.29, 0.717) is 19.0 Å². The second-order valence-corrected chi connectivity index (χ2v) is 11.9. The van der Waals surface area contributed by atoms with Crippen LogP contribution in [0.4, 0.5) is 10.5 Å². The Kier molecular flexibility index (Phi) is 8.49. The highest BCUT2D eigenvalue weighted by Gasteiger charge is 2.39. The maximum Gasteiger partial charge on any atom is 0.410 e. The second-order valence-electron chi connectivity index (χ2n) is 11.4. The summed E-state index contributed by atoms with van der Waals surface area (Å²) in [6.45, 7) is 13.1. The Morgan fingerprint density at radius 3 is 2.35 bits per heavy atom. The Bertz CT molecular complexity index is 1170. The normalized spacial score (nSPS) is 17.8. The zero-order valence-electron chi connectivity index (χ0n) is 22.7. The minimum Gasteiger partial charge on any atom is -0.444 e. The minimum absolute atomic E-state index is 0.219. The molecule has 0 radical (unpaired) electrons. The first-order valence-electron chi connectivity index (χ1n) is 13.2. The summed E-state index contributed by atoms with van der Waals surface area (Å²) in [5, 5.41) is 0.726. The van der Waals surface area contributed by atoms with Crippen LogP contribution < -0.4 is 4.90 Å². The third-order valence-corrected chi connectivity index (χ3v) is 7.21. The van der Waals surface area contributed by atoms with Crippen LogP contribution in [0.25, 0.3) is 0 Å². The number of hydrogen-bond acceptors (Lipinski definition) is 3. The Labute approximate surface area is 227 Å². The van der Waals surface area contributed by atoms with Crippen molar-refractivity contribution in [3.63, 3.8) is 0 Å². The van der Waals surface area contributed by atoms with E-state index in [0.717, 1.165) is 23.8 Å². The number of anilines is 1. The van der Waals surface area contributed by atoms with Crippen LogP contribution in [-0.2, 0) is 11.3 Å². The summed E-state index contributed by atoms with van der Waals surface area (Å²) in [6.07, 6.45) is -0.235. The van der Waals surface area contributed by atoms with E-state index < -0.39 is 5.60 Å². The maximum atomic E-state index is 13.1. The van der Waals surface area contributed by atoms with Gasteiger partial charge in [-0.15, -0.1) is 0 Å². The summed E-state index contributed by atoms with van der Waals surface area (Å²) in [5.74, 6) is 0.913. The Morgan fingerprint density at radius 2 is 1.70 bits per heavy atom. The van der Waals surface area contributed by atoms with Crippen LogP contribution in [0.15, 0.2) is 78.9 Å². The van der Waals surface area contributed by atoms with E-state index in [9.17, 15) is 4.79 Å². The lowest BCUT2D eigenvalue weighted by Crippen LogP contribution is -2.36. The van der Waals surface area contributed by atoms with Crippen LogP contribution in [0.1, 0.15) is 63.1 Å². The molecular formula is C32H39ClN2O2. The summed E-state index contributed by atoms with van der Waals surface area (Å²) in [4.78, 5) is 17.4. The lowest BCUT2D eigenvalue weighted by molar-refractivity contribution is 0.0287. The molecule has 1 aliphatic heterocycles.